The summed E-state index contributed by atoms with van der Waals surface area (Å²) in [7, 11) is 0. The Labute approximate surface area is 137 Å². The lowest BCUT2D eigenvalue weighted by Gasteiger charge is -2.35. The van der Waals surface area contributed by atoms with E-state index in [1.807, 2.05) is 19.1 Å². The van der Waals surface area contributed by atoms with Crippen molar-refractivity contribution in [3.05, 3.63) is 23.9 Å². The Kier molecular flexibility index (Phi) is 6.67. The van der Waals surface area contributed by atoms with E-state index >= 15 is 0 Å². The smallest absolute Gasteiger partial charge is 0.161 e. The number of ether oxygens (including phenoxy) is 1. The fourth-order valence-corrected chi connectivity index (χ4v) is 2.46. The molecule has 1 aliphatic rings. The van der Waals surface area contributed by atoms with Gasteiger partial charge in [0.2, 0.25) is 0 Å². The summed E-state index contributed by atoms with van der Waals surface area (Å²) in [6, 6.07) is 3.74. The maximum Gasteiger partial charge on any atom is 0.161 e. The van der Waals surface area contributed by atoms with Gasteiger partial charge in [-0.05, 0) is 19.1 Å². The number of anilines is 1. The number of Topliss-reactive ketones (excluding diaryl/α,β-unsaturated/α-hetero) is 2. The third-order valence-electron chi connectivity index (χ3n) is 4.06. The van der Waals surface area contributed by atoms with Gasteiger partial charge in [0.25, 0.3) is 0 Å². The minimum absolute atomic E-state index is 0.0374. The third kappa shape index (κ3) is 5.41. The Balaban J connectivity index is 1.71. The average Bonchev–Trinajstić information content (AvgIpc) is 2.59. The number of ketones is 2. The van der Waals surface area contributed by atoms with E-state index in [0.717, 1.165) is 38.5 Å². The van der Waals surface area contributed by atoms with Crippen molar-refractivity contribution < 1.29 is 14.3 Å². The molecule has 0 bridgehead atoms. The van der Waals surface area contributed by atoms with Gasteiger partial charge in [0.05, 0.1) is 6.61 Å². The summed E-state index contributed by atoms with van der Waals surface area (Å²) in [5, 5.41) is 0. The Hall–Kier alpha value is -1.79. The molecule has 0 aliphatic carbocycles. The molecule has 2 heterocycles. The molecule has 0 radical (unpaired) electrons. The van der Waals surface area contributed by atoms with E-state index in [9.17, 15) is 9.59 Å². The first-order valence-electron chi connectivity index (χ1n) is 8.14. The first-order chi connectivity index (χ1) is 11.1. The fraction of sp³-hybridized carbons (Fsp3) is 0.588. The Morgan fingerprint density at radius 2 is 1.96 bits per heavy atom. The molecule has 0 aromatic carbocycles. The molecule has 0 unspecified atom stereocenters. The molecule has 2 rings (SSSR count). The minimum Gasteiger partial charge on any atom is -0.372 e. The van der Waals surface area contributed by atoms with Crippen molar-refractivity contribution in [2.45, 2.75) is 20.3 Å². The van der Waals surface area contributed by atoms with E-state index in [-0.39, 0.29) is 18.2 Å². The summed E-state index contributed by atoms with van der Waals surface area (Å²) in [6.45, 7) is 8.76. The summed E-state index contributed by atoms with van der Waals surface area (Å²) in [4.78, 5) is 31.4. The fourth-order valence-electron chi connectivity index (χ4n) is 2.46. The number of hydrogen-bond acceptors (Lipinski definition) is 6. The van der Waals surface area contributed by atoms with Gasteiger partial charge >= 0.3 is 0 Å². The first-order valence-corrected chi connectivity index (χ1v) is 8.14. The topological polar surface area (TPSA) is 62.7 Å². The van der Waals surface area contributed by atoms with Crippen molar-refractivity contribution in [2.75, 3.05) is 50.8 Å². The van der Waals surface area contributed by atoms with Gasteiger partial charge in [0, 0.05) is 50.9 Å². The minimum atomic E-state index is 0.0374. The molecule has 6 nitrogen and oxygen atoms in total. The number of pyridine rings is 1. The number of carbonyl (C=O) groups is 2. The second-order valence-corrected chi connectivity index (χ2v) is 5.73. The molecule has 6 heteroatoms. The van der Waals surface area contributed by atoms with E-state index in [1.54, 1.807) is 13.1 Å². The number of carbonyl (C=O) groups excluding carboxylic acids is 2. The monoisotopic (exact) mass is 319 g/mol. The molecule has 1 fully saturated rings. The maximum absolute atomic E-state index is 11.3. The van der Waals surface area contributed by atoms with Crippen LogP contribution in [0.2, 0.25) is 0 Å². The average molecular weight is 319 g/mol. The number of piperazine rings is 1. The Bertz CT molecular complexity index is 522. The highest BCUT2D eigenvalue weighted by Crippen LogP contribution is 2.14. The lowest BCUT2D eigenvalue weighted by Crippen LogP contribution is -2.47. The molecule has 0 saturated carbocycles. The predicted octanol–water partition coefficient (Wildman–Crippen LogP) is 1.40. The van der Waals surface area contributed by atoms with Crippen molar-refractivity contribution in [3.8, 4) is 0 Å². The third-order valence-corrected chi connectivity index (χ3v) is 4.06. The maximum atomic E-state index is 11.3. The number of hydrogen-bond donors (Lipinski definition) is 0. The SMILES string of the molecule is CCC(=O)COCCN1CCN(c2ccc(C(C)=O)cn2)CC1. The highest BCUT2D eigenvalue weighted by Gasteiger charge is 2.17. The molecule has 1 aromatic rings. The lowest BCUT2D eigenvalue weighted by atomic mass is 10.2. The van der Waals surface area contributed by atoms with Gasteiger partial charge in [-0.25, -0.2) is 4.98 Å². The van der Waals surface area contributed by atoms with Gasteiger partial charge < -0.3 is 9.64 Å². The number of rotatable bonds is 8. The van der Waals surface area contributed by atoms with Crippen LogP contribution in [0.15, 0.2) is 18.3 Å². The summed E-state index contributed by atoms with van der Waals surface area (Å²) in [6.07, 6.45) is 2.18. The summed E-state index contributed by atoms with van der Waals surface area (Å²) >= 11 is 0. The number of nitrogens with zero attached hydrogens (tertiary/aromatic N) is 3. The van der Waals surface area contributed by atoms with E-state index in [2.05, 4.69) is 14.8 Å². The van der Waals surface area contributed by atoms with Crippen LogP contribution in [0.25, 0.3) is 0 Å². The van der Waals surface area contributed by atoms with E-state index in [1.165, 1.54) is 0 Å². The first kappa shape index (κ1) is 17.6. The zero-order valence-corrected chi connectivity index (χ0v) is 14.0. The van der Waals surface area contributed by atoms with Crippen LogP contribution in [0.3, 0.4) is 0 Å². The van der Waals surface area contributed by atoms with Crippen LogP contribution < -0.4 is 4.90 Å². The van der Waals surface area contributed by atoms with Gasteiger partial charge in [-0.15, -0.1) is 0 Å². The molecule has 0 N–H and O–H groups in total. The molecule has 126 valence electrons. The highest BCUT2D eigenvalue weighted by molar-refractivity contribution is 5.93. The largest absolute Gasteiger partial charge is 0.372 e. The quantitative estimate of drug-likeness (QED) is 0.533. The van der Waals surface area contributed by atoms with Gasteiger partial charge in [0.15, 0.2) is 11.6 Å². The van der Waals surface area contributed by atoms with Gasteiger partial charge in [-0.1, -0.05) is 6.92 Å². The van der Waals surface area contributed by atoms with Crippen LogP contribution in [0.4, 0.5) is 5.82 Å². The van der Waals surface area contributed by atoms with E-state index in [4.69, 9.17) is 4.74 Å². The van der Waals surface area contributed by atoms with Crippen LogP contribution in [0.1, 0.15) is 30.6 Å². The molecule has 0 spiro atoms. The highest BCUT2D eigenvalue weighted by atomic mass is 16.5. The van der Waals surface area contributed by atoms with Crippen LogP contribution in [-0.2, 0) is 9.53 Å². The number of aromatic nitrogens is 1. The van der Waals surface area contributed by atoms with Crippen LogP contribution >= 0.6 is 0 Å². The van der Waals surface area contributed by atoms with Crippen molar-refractivity contribution in [2.24, 2.45) is 0 Å². The second kappa shape index (κ2) is 8.74. The summed E-state index contributed by atoms with van der Waals surface area (Å²) in [5.41, 5.74) is 0.645. The van der Waals surface area contributed by atoms with E-state index in [0.29, 0.717) is 18.6 Å². The summed E-state index contributed by atoms with van der Waals surface area (Å²) in [5.74, 6) is 1.10. The molecule has 0 atom stereocenters. The van der Waals surface area contributed by atoms with Gasteiger partial charge in [-0.3, -0.25) is 14.5 Å². The standard InChI is InChI=1S/C17H25N3O3/c1-3-16(22)13-23-11-10-19-6-8-20(9-7-19)17-5-4-15(12-18-17)14(2)21/h4-5,12H,3,6-11,13H2,1-2H3. The lowest BCUT2D eigenvalue weighted by molar-refractivity contribution is -0.123. The van der Waals surface area contributed by atoms with Crippen molar-refractivity contribution >= 4 is 17.4 Å². The molecular formula is C17H25N3O3. The zero-order valence-electron chi connectivity index (χ0n) is 14.0. The molecular weight excluding hydrogens is 294 g/mol. The van der Waals surface area contributed by atoms with Crippen LogP contribution in [0, 0.1) is 0 Å². The zero-order chi connectivity index (χ0) is 16.7. The second-order valence-electron chi connectivity index (χ2n) is 5.73. The van der Waals surface area contributed by atoms with E-state index < -0.39 is 0 Å². The van der Waals surface area contributed by atoms with Crippen molar-refractivity contribution in [3.63, 3.8) is 0 Å². The van der Waals surface area contributed by atoms with Crippen LogP contribution in [-0.4, -0.2) is 67.4 Å². The molecule has 1 aliphatic heterocycles. The van der Waals surface area contributed by atoms with Gasteiger partial charge in [-0.2, -0.15) is 0 Å². The molecule has 23 heavy (non-hydrogen) atoms. The van der Waals surface area contributed by atoms with Crippen molar-refractivity contribution in [1.82, 2.24) is 9.88 Å². The Morgan fingerprint density at radius 1 is 1.22 bits per heavy atom. The van der Waals surface area contributed by atoms with Gasteiger partial charge in [0.1, 0.15) is 12.4 Å². The summed E-state index contributed by atoms with van der Waals surface area (Å²) < 4.78 is 5.39. The molecule has 0 amide bonds. The normalized spacial score (nSPS) is 15.7. The van der Waals surface area contributed by atoms with Crippen molar-refractivity contribution in [1.29, 1.82) is 0 Å². The Morgan fingerprint density at radius 3 is 2.52 bits per heavy atom. The molecule has 1 saturated heterocycles. The molecule has 1 aromatic heterocycles. The predicted molar refractivity (Wildman–Crippen MR) is 89.0 cm³/mol. The van der Waals surface area contributed by atoms with Crippen LogP contribution in [0.5, 0.6) is 0 Å².